The highest BCUT2D eigenvalue weighted by Crippen LogP contribution is 2.26. The van der Waals surface area contributed by atoms with Gasteiger partial charge in [-0.05, 0) is 32.6 Å². The van der Waals surface area contributed by atoms with E-state index in [-0.39, 0.29) is 0 Å². The Morgan fingerprint density at radius 3 is 2.05 bits per heavy atom. The van der Waals surface area contributed by atoms with Gasteiger partial charge in [0.2, 0.25) is 0 Å². The summed E-state index contributed by atoms with van der Waals surface area (Å²) in [4.78, 5) is 11.6. The van der Waals surface area contributed by atoms with Gasteiger partial charge in [0.1, 0.15) is 5.78 Å². The topological polar surface area (TPSA) is 37.3 Å². The van der Waals surface area contributed by atoms with E-state index in [1.165, 1.54) is 0 Å². The van der Waals surface area contributed by atoms with Crippen molar-refractivity contribution in [2.45, 2.75) is 97.5 Å². The van der Waals surface area contributed by atoms with Crippen LogP contribution in [0, 0.1) is 0 Å². The van der Waals surface area contributed by atoms with Crippen molar-refractivity contribution in [2.24, 2.45) is 0 Å². The number of hydrogen-bond donors (Lipinski definition) is 1. The number of allylic oxidation sites excluding steroid dienone is 1. The van der Waals surface area contributed by atoms with Crippen LogP contribution in [0.4, 0.5) is 0 Å². The molecule has 0 aromatic rings. The van der Waals surface area contributed by atoms with Crippen LogP contribution in [0.3, 0.4) is 0 Å². The van der Waals surface area contributed by atoms with Crippen molar-refractivity contribution in [3.05, 3.63) is 11.6 Å². The summed E-state index contributed by atoms with van der Waals surface area (Å²) in [5, 5.41) is 10.7. The van der Waals surface area contributed by atoms with E-state index in [9.17, 15) is 9.90 Å². The SMILES string of the molecule is CCCCC(O)(C/C=C(/C)CC(=O)CCC)CCCC. The third-order valence-electron chi connectivity index (χ3n) is 3.83. The zero-order valence-corrected chi connectivity index (χ0v) is 14.0. The van der Waals surface area contributed by atoms with Crippen molar-refractivity contribution >= 4 is 5.78 Å². The molecule has 2 heteroatoms. The summed E-state index contributed by atoms with van der Waals surface area (Å²) in [6.45, 7) is 8.36. The highest BCUT2D eigenvalue weighted by molar-refractivity contribution is 5.80. The largest absolute Gasteiger partial charge is 0.390 e. The van der Waals surface area contributed by atoms with E-state index in [0.717, 1.165) is 50.5 Å². The quantitative estimate of drug-likeness (QED) is 0.500. The Bertz CT molecular complexity index is 284. The molecule has 0 aromatic heterocycles. The number of rotatable bonds is 12. The van der Waals surface area contributed by atoms with Crippen molar-refractivity contribution < 1.29 is 9.90 Å². The van der Waals surface area contributed by atoms with Crippen LogP contribution in [0.2, 0.25) is 0 Å². The third kappa shape index (κ3) is 9.30. The molecule has 2 nitrogen and oxygen atoms in total. The molecule has 0 heterocycles. The van der Waals surface area contributed by atoms with E-state index >= 15 is 0 Å². The summed E-state index contributed by atoms with van der Waals surface area (Å²) in [6, 6.07) is 0. The Morgan fingerprint density at radius 2 is 1.60 bits per heavy atom. The number of ketones is 1. The van der Waals surface area contributed by atoms with Crippen molar-refractivity contribution in [1.82, 2.24) is 0 Å². The van der Waals surface area contributed by atoms with Gasteiger partial charge in [-0.25, -0.2) is 0 Å². The first-order valence-electron chi connectivity index (χ1n) is 8.37. The summed E-state index contributed by atoms with van der Waals surface area (Å²) < 4.78 is 0. The molecule has 0 aromatic carbocycles. The second-order valence-electron chi connectivity index (χ2n) is 6.15. The minimum atomic E-state index is -0.568. The predicted octanol–water partition coefficient (Wildman–Crippen LogP) is 5.19. The first kappa shape index (κ1) is 19.4. The Kier molecular flexibility index (Phi) is 10.7. The predicted molar refractivity (Wildman–Crippen MR) is 86.9 cm³/mol. The maximum absolute atomic E-state index is 11.6. The lowest BCUT2D eigenvalue weighted by atomic mass is 9.87. The molecule has 0 saturated carbocycles. The van der Waals surface area contributed by atoms with Gasteiger partial charge in [-0.1, -0.05) is 58.1 Å². The van der Waals surface area contributed by atoms with Gasteiger partial charge in [-0.2, -0.15) is 0 Å². The third-order valence-corrected chi connectivity index (χ3v) is 3.83. The molecule has 0 atom stereocenters. The number of carbonyl (C=O) groups excluding carboxylic acids is 1. The molecule has 0 saturated heterocycles. The molecule has 0 aliphatic carbocycles. The van der Waals surface area contributed by atoms with Crippen molar-refractivity contribution in [1.29, 1.82) is 0 Å². The van der Waals surface area contributed by atoms with Crippen LogP contribution in [-0.4, -0.2) is 16.5 Å². The van der Waals surface area contributed by atoms with Crippen LogP contribution in [0.25, 0.3) is 0 Å². The summed E-state index contributed by atoms with van der Waals surface area (Å²) in [5.41, 5.74) is 0.538. The van der Waals surface area contributed by atoms with Gasteiger partial charge >= 0.3 is 0 Å². The minimum absolute atomic E-state index is 0.312. The second-order valence-corrected chi connectivity index (χ2v) is 6.15. The molecule has 0 spiro atoms. The molecule has 20 heavy (non-hydrogen) atoms. The van der Waals surface area contributed by atoms with Crippen LogP contribution in [0.1, 0.15) is 91.9 Å². The van der Waals surface area contributed by atoms with Crippen molar-refractivity contribution in [3.8, 4) is 0 Å². The zero-order valence-electron chi connectivity index (χ0n) is 14.0. The molecule has 0 radical (unpaired) electrons. The van der Waals surface area contributed by atoms with Gasteiger partial charge in [0.25, 0.3) is 0 Å². The molecule has 0 bridgehead atoms. The van der Waals surface area contributed by atoms with E-state index in [4.69, 9.17) is 0 Å². The molecule has 0 unspecified atom stereocenters. The van der Waals surface area contributed by atoms with Gasteiger partial charge in [0, 0.05) is 12.8 Å². The van der Waals surface area contributed by atoms with Crippen LogP contribution in [0.5, 0.6) is 0 Å². The van der Waals surface area contributed by atoms with E-state index in [0.29, 0.717) is 25.0 Å². The van der Waals surface area contributed by atoms with Crippen molar-refractivity contribution in [2.75, 3.05) is 0 Å². The first-order chi connectivity index (χ1) is 9.47. The van der Waals surface area contributed by atoms with E-state index < -0.39 is 5.60 Å². The van der Waals surface area contributed by atoms with Crippen LogP contribution >= 0.6 is 0 Å². The van der Waals surface area contributed by atoms with Gasteiger partial charge in [-0.3, -0.25) is 4.79 Å². The molecular weight excluding hydrogens is 248 g/mol. The lowest BCUT2D eigenvalue weighted by Crippen LogP contribution is -2.28. The number of Topliss-reactive ketones (excluding diaryl/α,β-unsaturated/α-hetero) is 1. The maximum Gasteiger partial charge on any atom is 0.136 e. The molecule has 1 N–H and O–H groups in total. The van der Waals surface area contributed by atoms with Crippen LogP contribution in [0.15, 0.2) is 11.6 Å². The fourth-order valence-corrected chi connectivity index (χ4v) is 2.46. The first-order valence-corrected chi connectivity index (χ1v) is 8.37. The van der Waals surface area contributed by atoms with Gasteiger partial charge in [0.05, 0.1) is 5.60 Å². The van der Waals surface area contributed by atoms with E-state index in [1.807, 2.05) is 13.8 Å². The van der Waals surface area contributed by atoms with Crippen molar-refractivity contribution in [3.63, 3.8) is 0 Å². The Labute approximate surface area is 125 Å². The summed E-state index contributed by atoms with van der Waals surface area (Å²) >= 11 is 0. The molecule has 0 aliphatic rings. The number of unbranched alkanes of at least 4 members (excludes halogenated alkanes) is 2. The van der Waals surface area contributed by atoms with Gasteiger partial charge < -0.3 is 5.11 Å². The summed E-state index contributed by atoms with van der Waals surface area (Å²) in [7, 11) is 0. The van der Waals surface area contributed by atoms with Gasteiger partial charge in [0.15, 0.2) is 0 Å². The molecule has 0 fully saturated rings. The number of carbonyl (C=O) groups is 1. The molecular formula is C18H34O2. The lowest BCUT2D eigenvalue weighted by molar-refractivity contribution is -0.118. The van der Waals surface area contributed by atoms with E-state index in [2.05, 4.69) is 19.9 Å². The smallest absolute Gasteiger partial charge is 0.136 e. The minimum Gasteiger partial charge on any atom is -0.390 e. The maximum atomic E-state index is 11.6. The van der Waals surface area contributed by atoms with Crippen LogP contribution in [-0.2, 0) is 4.79 Å². The Balaban J connectivity index is 4.44. The molecule has 118 valence electrons. The summed E-state index contributed by atoms with van der Waals surface area (Å²) in [6.07, 6.45) is 11.0. The molecule has 0 rings (SSSR count). The molecule has 0 amide bonds. The average Bonchev–Trinajstić information content (AvgIpc) is 2.41. The highest BCUT2D eigenvalue weighted by atomic mass is 16.3. The number of aliphatic hydroxyl groups is 1. The second kappa shape index (κ2) is 11.1. The zero-order chi connectivity index (χ0) is 15.4. The highest BCUT2D eigenvalue weighted by Gasteiger charge is 2.24. The normalized spacial score (nSPS) is 12.8. The van der Waals surface area contributed by atoms with Crippen LogP contribution < -0.4 is 0 Å². The lowest BCUT2D eigenvalue weighted by Gasteiger charge is -2.27. The average molecular weight is 282 g/mol. The molecule has 0 aliphatic heterocycles. The Morgan fingerprint density at radius 1 is 1.05 bits per heavy atom. The fourth-order valence-electron chi connectivity index (χ4n) is 2.46. The Hall–Kier alpha value is -0.630. The monoisotopic (exact) mass is 282 g/mol. The van der Waals surface area contributed by atoms with E-state index in [1.54, 1.807) is 0 Å². The standard InChI is InChI=1S/C18H34O2/c1-5-8-12-18(20,13-9-6-2)14-11-16(4)15-17(19)10-7-3/h11,20H,5-10,12-15H2,1-4H3/b16-11-. The fraction of sp³-hybridized carbons (Fsp3) is 0.833. The van der Waals surface area contributed by atoms with Gasteiger partial charge in [-0.15, -0.1) is 0 Å². The summed E-state index contributed by atoms with van der Waals surface area (Å²) in [5.74, 6) is 0.312. The number of hydrogen-bond acceptors (Lipinski definition) is 2.